The second-order valence-corrected chi connectivity index (χ2v) is 7.67. The highest BCUT2D eigenvalue weighted by Crippen LogP contribution is 2.15. The molecule has 5 nitrogen and oxygen atoms in total. The van der Waals surface area contributed by atoms with E-state index in [1.807, 2.05) is 6.92 Å². The molecule has 0 unspecified atom stereocenters. The first kappa shape index (κ1) is 17.7. The summed E-state index contributed by atoms with van der Waals surface area (Å²) < 4.78 is 25.4. The van der Waals surface area contributed by atoms with Gasteiger partial charge in [-0.25, -0.2) is 12.7 Å². The molecule has 0 radical (unpaired) electrons. The second-order valence-electron chi connectivity index (χ2n) is 5.20. The molecule has 0 aromatic rings. The molecule has 1 saturated heterocycles. The molecule has 7 heteroatoms. The molecular weight excluding hydrogens is 300 g/mol. The Kier molecular flexibility index (Phi) is 7.84. The number of unbranched alkanes of at least 4 members (excludes halogenated alkanes) is 1. The molecule has 1 aliphatic rings. The van der Waals surface area contributed by atoms with Crippen LogP contribution in [0.15, 0.2) is 0 Å². The summed E-state index contributed by atoms with van der Waals surface area (Å²) in [5, 5.41) is 2.98. The van der Waals surface area contributed by atoms with E-state index in [9.17, 15) is 13.2 Å². The lowest BCUT2D eigenvalue weighted by molar-refractivity contribution is -0.122. The van der Waals surface area contributed by atoms with E-state index in [1.165, 1.54) is 0 Å². The van der Waals surface area contributed by atoms with E-state index in [2.05, 4.69) is 5.32 Å². The highest BCUT2D eigenvalue weighted by molar-refractivity contribution is 7.89. The average molecular weight is 325 g/mol. The molecule has 1 heterocycles. The largest absolute Gasteiger partial charge is 0.353 e. The number of sulfonamides is 1. The van der Waals surface area contributed by atoms with E-state index < -0.39 is 10.0 Å². The van der Waals surface area contributed by atoms with Crippen molar-refractivity contribution in [3.05, 3.63) is 0 Å². The normalized spacial score (nSPS) is 18.1. The lowest BCUT2D eigenvalue weighted by atomic mass is 10.1. The molecule has 0 saturated carbocycles. The Bertz CT molecular complexity index is 392. The zero-order chi connectivity index (χ0) is 15.0. The molecule has 1 amide bonds. The van der Waals surface area contributed by atoms with Gasteiger partial charge in [0.05, 0.1) is 5.75 Å². The van der Waals surface area contributed by atoms with Crippen LogP contribution >= 0.6 is 11.6 Å². The third-order valence-corrected chi connectivity index (χ3v) is 5.81. The van der Waals surface area contributed by atoms with Gasteiger partial charge in [-0.15, -0.1) is 11.6 Å². The number of alkyl halides is 1. The highest BCUT2D eigenvalue weighted by atomic mass is 35.5. The van der Waals surface area contributed by atoms with Crippen LogP contribution in [0.25, 0.3) is 0 Å². The Morgan fingerprint density at radius 2 is 1.95 bits per heavy atom. The van der Waals surface area contributed by atoms with Crippen molar-refractivity contribution in [3.8, 4) is 0 Å². The minimum absolute atomic E-state index is 0.0463. The molecule has 0 aromatic heterocycles. The van der Waals surface area contributed by atoms with Gasteiger partial charge in [0.1, 0.15) is 0 Å². The number of hydrogen-bond donors (Lipinski definition) is 1. The zero-order valence-electron chi connectivity index (χ0n) is 12.1. The minimum atomic E-state index is -3.10. The molecular formula is C13H25ClN2O3S. The predicted molar refractivity (Wildman–Crippen MR) is 81.4 cm³/mol. The maximum atomic E-state index is 11.9. The zero-order valence-corrected chi connectivity index (χ0v) is 13.7. The van der Waals surface area contributed by atoms with Crippen LogP contribution in [0.4, 0.5) is 0 Å². The van der Waals surface area contributed by atoms with E-state index in [1.54, 1.807) is 4.31 Å². The van der Waals surface area contributed by atoms with Gasteiger partial charge in [-0.05, 0) is 32.1 Å². The van der Waals surface area contributed by atoms with Gasteiger partial charge in [0.2, 0.25) is 15.9 Å². The lowest BCUT2D eigenvalue weighted by Crippen LogP contribution is -2.47. The number of carbonyl (C=O) groups is 1. The molecule has 0 atom stereocenters. The van der Waals surface area contributed by atoms with Gasteiger partial charge in [0.15, 0.2) is 0 Å². The summed E-state index contributed by atoms with van der Waals surface area (Å²) in [6, 6.07) is 0.103. The Hall–Kier alpha value is -0.330. The van der Waals surface area contributed by atoms with Crippen LogP contribution in [0.2, 0.25) is 0 Å². The number of hydrogen-bond acceptors (Lipinski definition) is 3. The highest BCUT2D eigenvalue weighted by Gasteiger charge is 2.27. The predicted octanol–water partition coefficient (Wildman–Crippen LogP) is 1.72. The van der Waals surface area contributed by atoms with Crippen LogP contribution in [0.3, 0.4) is 0 Å². The maximum Gasteiger partial charge on any atom is 0.220 e. The fraction of sp³-hybridized carbons (Fsp3) is 0.923. The summed E-state index contributed by atoms with van der Waals surface area (Å²) in [6.07, 6.45) is 4.19. The maximum absolute atomic E-state index is 11.9. The van der Waals surface area contributed by atoms with Crippen LogP contribution in [0.1, 0.15) is 45.4 Å². The number of halogens is 1. The summed E-state index contributed by atoms with van der Waals surface area (Å²) in [6.45, 7) is 2.88. The Morgan fingerprint density at radius 3 is 2.50 bits per heavy atom. The van der Waals surface area contributed by atoms with Crippen LogP contribution in [0, 0.1) is 0 Å². The van der Waals surface area contributed by atoms with Gasteiger partial charge in [0, 0.05) is 31.4 Å². The van der Waals surface area contributed by atoms with Crippen molar-refractivity contribution in [1.82, 2.24) is 9.62 Å². The van der Waals surface area contributed by atoms with Crippen molar-refractivity contribution in [2.75, 3.05) is 24.7 Å². The van der Waals surface area contributed by atoms with E-state index >= 15 is 0 Å². The van der Waals surface area contributed by atoms with E-state index in [0.717, 1.165) is 12.8 Å². The second kappa shape index (κ2) is 8.85. The molecule has 1 fully saturated rings. The number of nitrogens with one attached hydrogen (secondary N) is 1. The van der Waals surface area contributed by atoms with Gasteiger partial charge in [0.25, 0.3) is 0 Å². The molecule has 0 bridgehead atoms. The number of rotatable bonds is 8. The quantitative estimate of drug-likeness (QED) is 0.546. The molecule has 0 aromatic carbocycles. The molecule has 1 N–H and O–H groups in total. The Morgan fingerprint density at radius 1 is 1.30 bits per heavy atom. The minimum Gasteiger partial charge on any atom is -0.353 e. The van der Waals surface area contributed by atoms with Crippen LogP contribution in [0.5, 0.6) is 0 Å². The van der Waals surface area contributed by atoms with Crippen molar-refractivity contribution >= 4 is 27.5 Å². The smallest absolute Gasteiger partial charge is 0.220 e. The van der Waals surface area contributed by atoms with Crippen molar-refractivity contribution < 1.29 is 13.2 Å². The fourth-order valence-electron chi connectivity index (χ4n) is 2.35. The van der Waals surface area contributed by atoms with Crippen molar-refractivity contribution in [3.63, 3.8) is 0 Å². The number of carbonyl (C=O) groups excluding carboxylic acids is 1. The van der Waals surface area contributed by atoms with Crippen LogP contribution in [-0.4, -0.2) is 49.4 Å². The molecule has 1 aliphatic heterocycles. The first-order valence-electron chi connectivity index (χ1n) is 7.32. The van der Waals surface area contributed by atoms with E-state index in [-0.39, 0.29) is 17.7 Å². The summed E-state index contributed by atoms with van der Waals surface area (Å²) in [5.41, 5.74) is 0. The summed E-state index contributed by atoms with van der Waals surface area (Å²) >= 11 is 5.57. The van der Waals surface area contributed by atoms with E-state index in [0.29, 0.717) is 44.7 Å². The first-order chi connectivity index (χ1) is 9.49. The molecule has 20 heavy (non-hydrogen) atoms. The topological polar surface area (TPSA) is 66.5 Å². The van der Waals surface area contributed by atoms with Crippen molar-refractivity contribution in [2.24, 2.45) is 0 Å². The Balaban J connectivity index is 2.30. The number of nitrogens with zero attached hydrogens (tertiary/aromatic N) is 1. The van der Waals surface area contributed by atoms with Gasteiger partial charge in [-0.3, -0.25) is 4.79 Å². The van der Waals surface area contributed by atoms with Gasteiger partial charge >= 0.3 is 0 Å². The number of piperidine rings is 1. The average Bonchev–Trinajstić information content (AvgIpc) is 2.39. The molecule has 0 spiro atoms. The van der Waals surface area contributed by atoms with Gasteiger partial charge < -0.3 is 5.32 Å². The van der Waals surface area contributed by atoms with Crippen LogP contribution < -0.4 is 5.32 Å². The summed E-state index contributed by atoms with van der Waals surface area (Å²) in [4.78, 5) is 11.7. The molecule has 0 aliphatic carbocycles. The first-order valence-corrected chi connectivity index (χ1v) is 9.47. The standard InChI is InChI=1S/C13H25ClN2O3S/c1-2-11-20(18,19)16-9-6-12(7-10-16)15-13(17)5-3-4-8-14/h12H,2-11H2,1H3,(H,15,17). The monoisotopic (exact) mass is 324 g/mol. The Labute approximate surface area is 127 Å². The molecule has 118 valence electrons. The van der Waals surface area contributed by atoms with Crippen molar-refractivity contribution in [2.45, 2.75) is 51.5 Å². The fourth-order valence-corrected chi connectivity index (χ4v) is 4.08. The van der Waals surface area contributed by atoms with Gasteiger partial charge in [-0.2, -0.15) is 0 Å². The van der Waals surface area contributed by atoms with Gasteiger partial charge in [-0.1, -0.05) is 6.92 Å². The lowest BCUT2D eigenvalue weighted by Gasteiger charge is -2.31. The summed E-state index contributed by atoms with van der Waals surface area (Å²) in [5.74, 6) is 0.841. The van der Waals surface area contributed by atoms with E-state index in [4.69, 9.17) is 11.6 Å². The SMILES string of the molecule is CCCS(=O)(=O)N1CCC(NC(=O)CCCCCl)CC1. The van der Waals surface area contributed by atoms with Crippen LogP contribution in [-0.2, 0) is 14.8 Å². The third-order valence-electron chi connectivity index (χ3n) is 3.46. The molecule has 1 rings (SSSR count). The van der Waals surface area contributed by atoms with Crippen molar-refractivity contribution in [1.29, 1.82) is 0 Å². The number of amides is 1. The third kappa shape index (κ3) is 5.97. The summed E-state index contributed by atoms with van der Waals surface area (Å²) in [7, 11) is -3.10.